The summed E-state index contributed by atoms with van der Waals surface area (Å²) in [7, 11) is 0. The third-order valence-corrected chi connectivity index (χ3v) is 3.85. The zero-order valence-electron chi connectivity index (χ0n) is 9.62. The standard InChI is InChI=1S/C12H8N2O4S/c15-9-7-2-1-6(11(17)18)5-8(7)10(16)14(9)12-13-3-4-19-12/h1-2,5H,3-4H2,(H,17,18). The SMILES string of the molecule is O=C(O)c1ccc2c(c1)C(=O)N(C1=NCCS1)C2=O. The number of hydrogen-bond acceptors (Lipinski definition) is 5. The molecule has 0 aliphatic carbocycles. The minimum Gasteiger partial charge on any atom is -0.478 e. The normalized spacial score (nSPS) is 17.7. The summed E-state index contributed by atoms with van der Waals surface area (Å²) >= 11 is 1.35. The van der Waals surface area contributed by atoms with Crippen LogP contribution in [0.3, 0.4) is 0 Å². The molecule has 1 N–H and O–H groups in total. The molecule has 96 valence electrons. The molecule has 7 heteroatoms. The molecule has 1 aromatic carbocycles. The van der Waals surface area contributed by atoms with Crippen molar-refractivity contribution in [3.05, 3.63) is 34.9 Å². The Hall–Kier alpha value is -2.15. The van der Waals surface area contributed by atoms with Gasteiger partial charge in [0, 0.05) is 5.75 Å². The lowest BCUT2D eigenvalue weighted by atomic mass is 10.1. The van der Waals surface area contributed by atoms with E-state index in [4.69, 9.17) is 5.11 Å². The van der Waals surface area contributed by atoms with E-state index in [1.807, 2.05) is 0 Å². The molecule has 6 nitrogen and oxygen atoms in total. The predicted molar refractivity (Wildman–Crippen MR) is 68.7 cm³/mol. The highest BCUT2D eigenvalue weighted by Crippen LogP contribution is 2.28. The number of aromatic carboxylic acids is 1. The first-order valence-corrected chi connectivity index (χ1v) is 6.51. The zero-order valence-corrected chi connectivity index (χ0v) is 10.4. The zero-order chi connectivity index (χ0) is 13.6. The number of fused-ring (bicyclic) bond motifs is 1. The molecule has 0 aromatic heterocycles. The Labute approximate surface area is 112 Å². The second kappa shape index (κ2) is 4.20. The van der Waals surface area contributed by atoms with Crippen molar-refractivity contribution in [3.8, 4) is 0 Å². The largest absolute Gasteiger partial charge is 0.478 e. The minimum absolute atomic E-state index is 0.0113. The smallest absolute Gasteiger partial charge is 0.335 e. The first-order valence-electron chi connectivity index (χ1n) is 5.53. The molecule has 0 saturated carbocycles. The van der Waals surface area contributed by atoms with Crippen molar-refractivity contribution >= 4 is 34.7 Å². The van der Waals surface area contributed by atoms with Gasteiger partial charge < -0.3 is 5.11 Å². The highest BCUT2D eigenvalue weighted by Gasteiger charge is 2.39. The van der Waals surface area contributed by atoms with E-state index < -0.39 is 17.8 Å². The molecule has 2 amide bonds. The van der Waals surface area contributed by atoms with Gasteiger partial charge in [0.05, 0.1) is 23.2 Å². The van der Waals surface area contributed by atoms with Gasteiger partial charge in [0.1, 0.15) is 0 Å². The number of rotatable bonds is 1. The highest BCUT2D eigenvalue weighted by atomic mass is 32.2. The fourth-order valence-corrected chi connectivity index (χ4v) is 2.85. The lowest BCUT2D eigenvalue weighted by molar-refractivity contribution is 0.0695. The van der Waals surface area contributed by atoms with Gasteiger partial charge in [0.25, 0.3) is 11.8 Å². The maximum atomic E-state index is 12.2. The van der Waals surface area contributed by atoms with Crippen molar-refractivity contribution < 1.29 is 19.5 Å². The third kappa shape index (κ3) is 1.74. The van der Waals surface area contributed by atoms with Crippen LogP contribution in [-0.4, -0.2) is 45.3 Å². The van der Waals surface area contributed by atoms with E-state index in [1.165, 1.54) is 30.0 Å². The highest BCUT2D eigenvalue weighted by molar-refractivity contribution is 8.14. The number of thioether (sulfide) groups is 1. The number of carbonyl (C=O) groups is 3. The summed E-state index contributed by atoms with van der Waals surface area (Å²) < 4.78 is 0. The number of carboxylic acid groups (broad SMARTS) is 1. The van der Waals surface area contributed by atoms with Gasteiger partial charge in [-0.15, -0.1) is 0 Å². The van der Waals surface area contributed by atoms with Crippen molar-refractivity contribution in [2.45, 2.75) is 0 Å². The molecule has 0 bridgehead atoms. The van der Waals surface area contributed by atoms with E-state index in [1.54, 1.807) is 0 Å². The Morgan fingerprint density at radius 3 is 2.63 bits per heavy atom. The molecule has 2 aliphatic rings. The average Bonchev–Trinajstić information content (AvgIpc) is 2.98. The van der Waals surface area contributed by atoms with Gasteiger partial charge >= 0.3 is 5.97 Å². The number of amides is 2. The second-order valence-electron chi connectivity index (χ2n) is 4.02. The van der Waals surface area contributed by atoms with Gasteiger partial charge in [0.2, 0.25) is 0 Å². The van der Waals surface area contributed by atoms with E-state index in [9.17, 15) is 14.4 Å². The summed E-state index contributed by atoms with van der Waals surface area (Å²) in [6.07, 6.45) is 0. The van der Waals surface area contributed by atoms with Crippen molar-refractivity contribution in [3.63, 3.8) is 0 Å². The van der Waals surface area contributed by atoms with Crippen molar-refractivity contribution in [2.24, 2.45) is 4.99 Å². The Kier molecular flexibility index (Phi) is 2.63. The molecular formula is C12H8N2O4S. The van der Waals surface area contributed by atoms with Crippen LogP contribution >= 0.6 is 11.8 Å². The fourth-order valence-electron chi connectivity index (χ4n) is 2.01. The van der Waals surface area contributed by atoms with Crippen LogP contribution in [-0.2, 0) is 0 Å². The lowest BCUT2D eigenvalue weighted by Gasteiger charge is -2.11. The molecule has 19 heavy (non-hydrogen) atoms. The van der Waals surface area contributed by atoms with Crippen LogP contribution in [0.2, 0.25) is 0 Å². The van der Waals surface area contributed by atoms with Crippen molar-refractivity contribution in [1.82, 2.24) is 4.90 Å². The molecule has 0 radical (unpaired) electrons. The maximum Gasteiger partial charge on any atom is 0.335 e. The van der Waals surface area contributed by atoms with Crippen molar-refractivity contribution in [2.75, 3.05) is 12.3 Å². The maximum absolute atomic E-state index is 12.2. The summed E-state index contributed by atoms with van der Waals surface area (Å²) in [4.78, 5) is 40.3. The lowest BCUT2D eigenvalue weighted by Crippen LogP contribution is -2.33. The van der Waals surface area contributed by atoms with E-state index >= 15 is 0 Å². The topological polar surface area (TPSA) is 87.0 Å². The number of hydrogen-bond donors (Lipinski definition) is 1. The summed E-state index contributed by atoms with van der Waals surface area (Å²) in [5.74, 6) is -1.33. The second-order valence-corrected chi connectivity index (χ2v) is 5.09. The number of nitrogens with zero attached hydrogens (tertiary/aromatic N) is 2. The Balaban J connectivity index is 2.06. The number of imide groups is 1. The van der Waals surface area contributed by atoms with Crippen LogP contribution in [0.5, 0.6) is 0 Å². The molecule has 2 aliphatic heterocycles. The summed E-state index contributed by atoms with van der Waals surface area (Å²) in [6.45, 7) is 0.577. The average molecular weight is 276 g/mol. The number of amidine groups is 1. The Morgan fingerprint density at radius 1 is 1.26 bits per heavy atom. The fraction of sp³-hybridized carbons (Fsp3) is 0.167. The number of carbonyl (C=O) groups excluding carboxylic acids is 2. The Morgan fingerprint density at radius 2 is 2.00 bits per heavy atom. The summed E-state index contributed by atoms with van der Waals surface area (Å²) in [5, 5.41) is 9.30. The third-order valence-electron chi connectivity index (χ3n) is 2.89. The van der Waals surface area contributed by atoms with E-state index in [2.05, 4.69) is 4.99 Å². The molecule has 0 fully saturated rings. The summed E-state index contributed by atoms with van der Waals surface area (Å²) in [5.41, 5.74) is 0.341. The Bertz CT molecular complexity index is 653. The molecule has 2 heterocycles. The van der Waals surface area contributed by atoms with Gasteiger partial charge in [-0.2, -0.15) is 0 Å². The van der Waals surface area contributed by atoms with E-state index in [-0.39, 0.29) is 16.7 Å². The van der Waals surface area contributed by atoms with Crippen LogP contribution in [0, 0.1) is 0 Å². The van der Waals surface area contributed by atoms with Crippen molar-refractivity contribution in [1.29, 1.82) is 0 Å². The number of carboxylic acids is 1. The molecule has 0 spiro atoms. The first kappa shape index (κ1) is 11.9. The van der Waals surface area contributed by atoms with Gasteiger partial charge in [-0.3, -0.25) is 14.6 Å². The monoisotopic (exact) mass is 276 g/mol. The summed E-state index contributed by atoms with van der Waals surface area (Å²) in [6, 6.07) is 3.93. The molecule has 0 unspecified atom stereocenters. The van der Waals surface area contributed by atoms with Gasteiger partial charge in [0.15, 0.2) is 5.17 Å². The van der Waals surface area contributed by atoms with Gasteiger partial charge in [-0.05, 0) is 18.2 Å². The molecule has 0 saturated heterocycles. The van der Waals surface area contributed by atoms with Crippen LogP contribution in [0.1, 0.15) is 31.1 Å². The number of aliphatic imine (C=N–C) groups is 1. The molecule has 3 rings (SSSR count). The quantitative estimate of drug-likeness (QED) is 0.776. The minimum atomic E-state index is -1.13. The van der Waals surface area contributed by atoms with Crippen LogP contribution in [0.15, 0.2) is 23.2 Å². The van der Waals surface area contributed by atoms with Gasteiger partial charge in [-0.1, -0.05) is 11.8 Å². The van der Waals surface area contributed by atoms with Gasteiger partial charge in [-0.25, -0.2) is 9.69 Å². The van der Waals surface area contributed by atoms with Crippen LogP contribution in [0.4, 0.5) is 0 Å². The molecular weight excluding hydrogens is 268 g/mol. The molecule has 1 aromatic rings. The molecule has 0 atom stereocenters. The van der Waals surface area contributed by atoms with Crippen LogP contribution in [0.25, 0.3) is 0 Å². The predicted octanol–water partition coefficient (Wildman–Crippen LogP) is 1.08. The van der Waals surface area contributed by atoms with E-state index in [0.717, 1.165) is 10.7 Å². The first-order chi connectivity index (χ1) is 9.09. The number of benzene rings is 1. The van der Waals surface area contributed by atoms with E-state index in [0.29, 0.717) is 11.7 Å². The van der Waals surface area contributed by atoms with Crippen LogP contribution < -0.4 is 0 Å².